The first-order valence-corrected chi connectivity index (χ1v) is 10.5. The van der Waals surface area contributed by atoms with E-state index in [0.717, 1.165) is 55.1 Å². The molecule has 3 atom stereocenters. The van der Waals surface area contributed by atoms with Gasteiger partial charge in [0.15, 0.2) is 0 Å². The number of aryl methyl sites for hydroxylation is 1. The fraction of sp³-hybridized carbons (Fsp3) is 0.545. The zero-order chi connectivity index (χ0) is 21.1. The number of methoxy groups -OCH3 is 2. The van der Waals surface area contributed by atoms with E-state index in [4.69, 9.17) is 14.0 Å². The van der Waals surface area contributed by atoms with Gasteiger partial charge in [0.05, 0.1) is 38.3 Å². The summed E-state index contributed by atoms with van der Waals surface area (Å²) in [6.45, 7) is 3.44. The lowest BCUT2D eigenvalue weighted by Gasteiger charge is -2.40. The Labute approximate surface area is 176 Å². The summed E-state index contributed by atoms with van der Waals surface area (Å²) in [7, 11) is 3.25. The zero-order valence-electron chi connectivity index (χ0n) is 17.8. The number of likely N-dealkylation sites (tertiary alicyclic amines) is 1. The molecule has 3 unspecified atom stereocenters. The average molecular weight is 415 g/mol. The minimum atomic E-state index is 0.0776. The number of nitrogens with one attached hydrogen (secondary N) is 2. The molecule has 3 heterocycles. The molecule has 2 N–H and O–H groups in total. The number of hydrazine groups is 1. The molecule has 1 aromatic heterocycles. The Balaban J connectivity index is 1.54. The molecule has 1 amide bonds. The first-order chi connectivity index (χ1) is 14.6. The number of amides is 1. The molecule has 0 saturated carbocycles. The van der Waals surface area contributed by atoms with Gasteiger partial charge in [0.2, 0.25) is 5.91 Å². The molecule has 0 bridgehead atoms. The molecule has 0 aliphatic carbocycles. The van der Waals surface area contributed by atoms with Crippen LogP contribution in [0, 0.1) is 6.92 Å². The summed E-state index contributed by atoms with van der Waals surface area (Å²) < 4.78 is 16.4. The molecule has 162 valence electrons. The molecule has 2 saturated heterocycles. The number of carbonyl (C=O) groups excluding carboxylic acids is 1. The number of rotatable bonds is 6. The highest BCUT2D eigenvalue weighted by Crippen LogP contribution is 2.32. The predicted octanol–water partition coefficient (Wildman–Crippen LogP) is 2.18. The maximum absolute atomic E-state index is 13.4. The molecule has 2 fully saturated rings. The van der Waals surface area contributed by atoms with Crippen molar-refractivity contribution in [2.45, 2.75) is 50.6 Å². The van der Waals surface area contributed by atoms with E-state index >= 15 is 0 Å². The van der Waals surface area contributed by atoms with Crippen molar-refractivity contribution < 1.29 is 18.8 Å². The summed E-state index contributed by atoms with van der Waals surface area (Å²) in [4.78, 5) is 15.4. The number of nitrogens with zero attached hydrogens (tertiary/aromatic N) is 2. The number of hydrogen-bond donors (Lipinski definition) is 2. The second kappa shape index (κ2) is 9.06. The van der Waals surface area contributed by atoms with Crippen LogP contribution in [0.1, 0.15) is 42.2 Å². The van der Waals surface area contributed by atoms with Gasteiger partial charge >= 0.3 is 0 Å². The van der Waals surface area contributed by atoms with Crippen LogP contribution < -0.4 is 20.3 Å². The first-order valence-electron chi connectivity index (χ1n) is 10.5. The van der Waals surface area contributed by atoms with E-state index < -0.39 is 0 Å². The van der Waals surface area contributed by atoms with Crippen LogP contribution in [-0.4, -0.2) is 55.4 Å². The zero-order valence-corrected chi connectivity index (χ0v) is 17.8. The SMILES string of the molecule is COc1ccc(OC)c(CC(=O)N2CCCCC2C2NNCC2c2cc(C)no2)c1. The number of piperidine rings is 1. The number of hydrogen-bond acceptors (Lipinski definition) is 7. The van der Waals surface area contributed by atoms with Gasteiger partial charge in [-0.25, -0.2) is 0 Å². The van der Waals surface area contributed by atoms with Crippen LogP contribution in [-0.2, 0) is 11.2 Å². The summed E-state index contributed by atoms with van der Waals surface area (Å²) in [6, 6.07) is 7.73. The Morgan fingerprint density at radius 1 is 1.27 bits per heavy atom. The molecule has 2 aliphatic rings. The third-order valence-electron chi connectivity index (χ3n) is 6.15. The molecule has 8 nitrogen and oxygen atoms in total. The standard InChI is InChI=1S/C22H30N4O4/c1-14-10-20(30-25-14)17-13-23-24-22(17)18-6-4-5-9-26(18)21(27)12-15-11-16(28-2)7-8-19(15)29-3/h7-8,10-11,17-18,22-24H,4-6,9,12-13H2,1-3H3. The topological polar surface area (TPSA) is 88.9 Å². The Bertz CT molecular complexity index is 884. The molecule has 8 heteroatoms. The third-order valence-corrected chi connectivity index (χ3v) is 6.15. The number of benzene rings is 1. The smallest absolute Gasteiger partial charge is 0.227 e. The van der Waals surface area contributed by atoms with Crippen molar-refractivity contribution in [3.8, 4) is 11.5 Å². The quantitative estimate of drug-likeness (QED) is 0.749. The van der Waals surface area contributed by atoms with Crippen LogP contribution in [0.4, 0.5) is 0 Å². The minimum Gasteiger partial charge on any atom is -0.497 e. The van der Waals surface area contributed by atoms with Gasteiger partial charge in [-0.1, -0.05) is 5.16 Å². The summed E-state index contributed by atoms with van der Waals surface area (Å²) in [5.41, 5.74) is 8.37. The van der Waals surface area contributed by atoms with E-state index in [1.54, 1.807) is 14.2 Å². The lowest BCUT2D eigenvalue weighted by atomic mass is 9.86. The lowest BCUT2D eigenvalue weighted by Crippen LogP contribution is -2.55. The molecule has 2 aliphatic heterocycles. The molecule has 1 aromatic carbocycles. The Morgan fingerprint density at radius 2 is 2.13 bits per heavy atom. The van der Waals surface area contributed by atoms with Gasteiger partial charge in [-0.3, -0.25) is 15.6 Å². The van der Waals surface area contributed by atoms with Crippen molar-refractivity contribution in [3.63, 3.8) is 0 Å². The van der Waals surface area contributed by atoms with Crippen LogP contribution in [0.5, 0.6) is 11.5 Å². The van der Waals surface area contributed by atoms with E-state index in [2.05, 4.69) is 16.0 Å². The van der Waals surface area contributed by atoms with E-state index in [9.17, 15) is 4.79 Å². The van der Waals surface area contributed by atoms with Crippen molar-refractivity contribution >= 4 is 5.91 Å². The van der Waals surface area contributed by atoms with Gasteiger partial charge in [0.1, 0.15) is 17.3 Å². The van der Waals surface area contributed by atoms with Crippen molar-refractivity contribution in [2.24, 2.45) is 0 Å². The molecule has 30 heavy (non-hydrogen) atoms. The van der Waals surface area contributed by atoms with Gasteiger partial charge in [0, 0.05) is 30.8 Å². The van der Waals surface area contributed by atoms with Gasteiger partial charge < -0.3 is 18.9 Å². The predicted molar refractivity (Wildman–Crippen MR) is 112 cm³/mol. The summed E-state index contributed by atoms with van der Waals surface area (Å²) in [6.07, 6.45) is 3.37. The van der Waals surface area contributed by atoms with E-state index in [-0.39, 0.29) is 30.3 Å². The fourth-order valence-electron chi connectivity index (χ4n) is 4.64. The van der Waals surface area contributed by atoms with Crippen molar-refractivity contribution in [3.05, 3.63) is 41.3 Å². The highest BCUT2D eigenvalue weighted by Gasteiger charge is 2.41. The van der Waals surface area contributed by atoms with Gasteiger partial charge in [-0.2, -0.15) is 0 Å². The maximum Gasteiger partial charge on any atom is 0.227 e. The third kappa shape index (κ3) is 4.15. The molecular weight excluding hydrogens is 384 g/mol. The highest BCUT2D eigenvalue weighted by atomic mass is 16.5. The largest absolute Gasteiger partial charge is 0.497 e. The Hall–Kier alpha value is -2.58. The lowest BCUT2D eigenvalue weighted by molar-refractivity contribution is -0.135. The number of ether oxygens (including phenoxy) is 2. The van der Waals surface area contributed by atoms with E-state index in [1.165, 1.54) is 0 Å². The van der Waals surface area contributed by atoms with Crippen LogP contribution in [0.3, 0.4) is 0 Å². The molecule has 4 rings (SSSR count). The maximum atomic E-state index is 13.4. The van der Waals surface area contributed by atoms with Crippen LogP contribution >= 0.6 is 0 Å². The summed E-state index contributed by atoms with van der Waals surface area (Å²) in [5, 5.41) is 4.05. The van der Waals surface area contributed by atoms with Gasteiger partial charge in [-0.05, 0) is 44.4 Å². The summed E-state index contributed by atoms with van der Waals surface area (Å²) >= 11 is 0. The van der Waals surface area contributed by atoms with Crippen LogP contribution in [0.25, 0.3) is 0 Å². The van der Waals surface area contributed by atoms with Crippen molar-refractivity contribution in [1.82, 2.24) is 20.9 Å². The monoisotopic (exact) mass is 414 g/mol. The normalized spacial score (nSPS) is 24.1. The average Bonchev–Trinajstić information content (AvgIpc) is 3.42. The number of aromatic nitrogens is 1. The Morgan fingerprint density at radius 3 is 2.87 bits per heavy atom. The molecule has 2 aromatic rings. The van der Waals surface area contributed by atoms with E-state index in [0.29, 0.717) is 5.75 Å². The first kappa shape index (κ1) is 20.7. The van der Waals surface area contributed by atoms with Crippen LogP contribution in [0.15, 0.2) is 28.8 Å². The van der Waals surface area contributed by atoms with Gasteiger partial charge in [0.25, 0.3) is 0 Å². The molecule has 0 radical (unpaired) electrons. The second-order valence-corrected chi connectivity index (χ2v) is 8.03. The van der Waals surface area contributed by atoms with Gasteiger partial charge in [-0.15, -0.1) is 0 Å². The number of carbonyl (C=O) groups is 1. The summed E-state index contributed by atoms with van der Waals surface area (Å²) in [5.74, 6) is 2.52. The van der Waals surface area contributed by atoms with E-state index in [1.807, 2.05) is 36.1 Å². The van der Waals surface area contributed by atoms with Crippen molar-refractivity contribution in [1.29, 1.82) is 0 Å². The minimum absolute atomic E-state index is 0.0776. The van der Waals surface area contributed by atoms with Crippen molar-refractivity contribution in [2.75, 3.05) is 27.3 Å². The molecular formula is C22H30N4O4. The van der Waals surface area contributed by atoms with Crippen LogP contribution in [0.2, 0.25) is 0 Å². The highest BCUT2D eigenvalue weighted by molar-refractivity contribution is 5.80. The molecule has 0 spiro atoms. The fourth-order valence-corrected chi connectivity index (χ4v) is 4.64. The second-order valence-electron chi connectivity index (χ2n) is 8.03. The Kier molecular flexibility index (Phi) is 6.24.